The summed E-state index contributed by atoms with van der Waals surface area (Å²) in [6.07, 6.45) is 0.997. The molecule has 2 heterocycles. The van der Waals surface area contributed by atoms with E-state index >= 15 is 0 Å². The molecule has 0 spiro atoms. The third-order valence-corrected chi connectivity index (χ3v) is 7.59. The fourth-order valence-electron chi connectivity index (χ4n) is 3.53. The maximum absolute atomic E-state index is 12.8. The van der Waals surface area contributed by atoms with Gasteiger partial charge in [-0.15, -0.1) is 0 Å². The zero-order valence-electron chi connectivity index (χ0n) is 16.9. The zero-order chi connectivity index (χ0) is 21.1. The van der Waals surface area contributed by atoms with Crippen LogP contribution in [0.4, 0.5) is 0 Å². The van der Waals surface area contributed by atoms with E-state index in [1.807, 2.05) is 22.9 Å². The van der Waals surface area contributed by atoms with Gasteiger partial charge in [-0.05, 0) is 36.3 Å². The molecule has 9 heteroatoms. The van der Waals surface area contributed by atoms with Crippen molar-refractivity contribution in [2.75, 3.05) is 26.2 Å². The van der Waals surface area contributed by atoms with E-state index in [1.54, 1.807) is 28.6 Å². The summed E-state index contributed by atoms with van der Waals surface area (Å²) in [6, 6.07) is 16.9. The molecular formula is C21H25N5O2S2. The Kier molecular flexibility index (Phi) is 6.14. The fraction of sp³-hybridized carbons (Fsp3) is 0.333. The lowest BCUT2D eigenvalue weighted by atomic mass is 10.1. The van der Waals surface area contributed by atoms with E-state index in [0.717, 1.165) is 17.8 Å². The first-order chi connectivity index (χ1) is 14.5. The molecule has 0 unspecified atom stereocenters. The van der Waals surface area contributed by atoms with Crippen LogP contribution in [0.15, 0.2) is 59.5 Å². The number of aromatic nitrogens is 3. The van der Waals surface area contributed by atoms with Crippen LogP contribution >= 0.6 is 12.2 Å². The van der Waals surface area contributed by atoms with Gasteiger partial charge in [0.05, 0.1) is 11.6 Å². The highest BCUT2D eigenvalue weighted by Gasteiger charge is 2.28. The van der Waals surface area contributed by atoms with Gasteiger partial charge in [0.25, 0.3) is 0 Å². The predicted octanol–water partition coefficient (Wildman–Crippen LogP) is 3.13. The van der Waals surface area contributed by atoms with E-state index in [9.17, 15) is 8.42 Å². The van der Waals surface area contributed by atoms with Crippen LogP contribution < -0.4 is 0 Å². The highest BCUT2D eigenvalue weighted by atomic mass is 32.2. The third kappa shape index (κ3) is 4.39. The number of nitrogens with zero attached hydrogens (tertiary/aromatic N) is 4. The molecule has 0 atom stereocenters. The first-order valence-electron chi connectivity index (χ1n) is 10.0. The van der Waals surface area contributed by atoms with E-state index in [4.69, 9.17) is 12.2 Å². The lowest BCUT2D eigenvalue weighted by Gasteiger charge is -2.33. The van der Waals surface area contributed by atoms with Gasteiger partial charge in [-0.3, -0.25) is 10.00 Å². The van der Waals surface area contributed by atoms with Gasteiger partial charge >= 0.3 is 0 Å². The van der Waals surface area contributed by atoms with E-state index in [-0.39, 0.29) is 0 Å². The molecule has 1 fully saturated rings. The van der Waals surface area contributed by atoms with Crippen molar-refractivity contribution in [1.29, 1.82) is 0 Å². The highest BCUT2D eigenvalue weighted by Crippen LogP contribution is 2.19. The molecule has 1 N–H and O–H groups in total. The van der Waals surface area contributed by atoms with Gasteiger partial charge in [0.2, 0.25) is 14.8 Å². The molecule has 0 saturated carbocycles. The number of sulfonamides is 1. The number of hydrogen-bond acceptors (Lipinski definition) is 5. The monoisotopic (exact) mass is 443 g/mol. The van der Waals surface area contributed by atoms with E-state index in [0.29, 0.717) is 42.5 Å². The Morgan fingerprint density at radius 1 is 1.00 bits per heavy atom. The van der Waals surface area contributed by atoms with Crippen molar-refractivity contribution in [2.45, 2.75) is 24.9 Å². The second-order valence-corrected chi connectivity index (χ2v) is 9.61. The molecule has 0 aliphatic carbocycles. The minimum Gasteiger partial charge on any atom is -0.282 e. The Hall–Kier alpha value is -2.33. The third-order valence-electron chi connectivity index (χ3n) is 5.37. The van der Waals surface area contributed by atoms with Crippen LogP contribution in [0.2, 0.25) is 0 Å². The molecule has 30 heavy (non-hydrogen) atoms. The molecule has 0 bridgehead atoms. The van der Waals surface area contributed by atoms with Gasteiger partial charge in [-0.1, -0.05) is 49.4 Å². The molecule has 2 aromatic carbocycles. The number of benzene rings is 2. The van der Waals surface area contributed by atoms with Gasteiger partial charge in [-0.2, -0.15) is 9.29 Å². The number of nitrogens with one attached hydrogen (secondary N) is 1. The molecule has 1 aromatic heterocycles. The Morgan fingerprint density at radius 2 is 1.67 bits per heavy atom. The summed E-state index contributed by atoms with van der Waals surface area (Å²) in [5.41, 5.74) is 2.27. The molecule has 1 saturated heterocycles. The molecule has 7 nitrogen and oxygen atoms in total. The SMILES string of the molecule is CCc1ccc(-c2nc(=S)n(CN3CCN(S(=O)(=O)c4ccccc4)CC3)[nH]2)cc1. The van der Waals surface area contributed by atoms with Crippen molar-refractivity contribution in [3.8, 4) is 11.4 Å². The van der Waals surface area contributed by atoms with Gasteiger partial charge in [0.1, 0.15) is 0 Å². The van der Waals surface area contributed by atoms with Gasteiger partial charge in [0.15, 0.2) is 5.82 Å². The average Bonchev–Trinajstić information content (AvgIpc) is 3.15. The van der Waals surface area contributed by atoms with Crippen LogP contribution in [-0.2, 0) is 23.1 Å². The summed E-state index contributed by atoms with van der Waals surface area (Å²) >= 11 is 5.42. The van der Waals surface area contributed by atoms with Crippen molar-refractivity contribution in [1.82, 2.24) is 24.0 Å². The molecule has 0 radical (unpaired) electrons. The Labute approximate surface area is 182 Å². The van der Waals surface area contributed by atoms with Gasteiger partial charge < -0.3 is 0 Å². The number of aromatic amines is 1. The number of H-pyrrole nitrogens is 1. The number of aryl methyl sites for hydroxylation is 1. The highest BCUT2D eigenvalue weighted by molar-refractivity contribution is 7.89. The summed E-state index contributed by atoms with van der Waals surface area (Å²) in [6.45, 7) is 4.84. The average molecular weight is 444 g/mol. The van der Waals surface area contributed by atoms with Crippen LogP contribution in [0.3, 0.4) is 0 Å². The minimum absolute atomic E-state index is 0.341. The van der Waals surface area contributed by atoms with Crippen LogP contribution in [0, 0.1) is 4.77 Å². The summed E-state index contributed by atoms with van der Waals surface area (Å²) in [7, 11) is -3.45. The Balaban J connectivity index is 1.41. The zero-order valence-corrected chi connectivity index (χ0v) is 18.5. The maximum Gasteiger partial charge on any atom is 0.243 e. The van der Waals surface area contributed by atoms with Crippen molar-refractivity contribution in [2.24, 2.45) is 0 Å². The normalized spacial score (nSPS) is 16.0. The first kappa shape index (κ1) is 20.9. The first-order valence-corrected chi connectivity index (χ1v) is 11.9. The van der Waals surface area contributed by atoms with E-state index in [1.165, 1.54) is 5.56 Å². The maximum atomic E-state index is 12.8. The molecule has 4 rings (SSSR count). The molecule has 3 aromatic rings. The van der Waals surface area contributed by atoms with Gasteiger partial charge in [-0.25, -0.2) is 13.1 Å². The molecule has 1 aliphatic heterocycles. The van der Waals surface area contributed by atoms with Gasteiger partial charge in [0, 0.05) is 31.7 Å². The number of hydrogen-bond donors (Lipinski definition) is 1. The second kappa shape index (κ2) is 8.81. The molecular weight excluding hydrogens is 418 g/mol. The Morgan fingerprint density at radius 3 is 2.30 bits per heavy atom. The minimum atomic E-state index is -3.45. The van der Waals surface area contributed by atoms with E-state index < -0.39 is 10.0 Å². The topological polar surface area (TPSA) is 74.2 Å². The standard InChI is InChI=1S/C21H25N5O2S2/c1-2-17-8-10-18(11-9-17)20-22-21(29)26(23-20)16-24-12-14-25(15-13-24)30(27,28)19-6-4-3-5-7-19/h3-11H,2,12-16H2,1H3,(H,22,23,29). The molecule has 0 amide bonds. The smallest absolute Gasteiger partial charge is 0.243 e. The fourth-order valence-corrected chi connectivity index (χ4v) is 5.17. The predicted molar refractivity (Wildman–Crippen MR) is 119 cm³/mol. The summed E-state index contributed by atoms with van der Waals surface area (Å²) in [5.74, 6) is 0.743. The summed E-state index contributed by atoms with van der Waals surface area (Å²) < 4.78 is 29.4. The lowest BCUT2D eigenvalue weighted by Crippen LogP contribution is -2.48. The van der Waals surface area contributed by atoms with E-state index in [2.05, 4.69) is 34.0 Å². The number of piperazine rings is 1. The van der Waals surface area contributed by atoms with Crippen LogP contribution in [0.1, 0.15) is 12.5 Å². The quantitative estimate of drug-likeness (QED) is 0.593. The lowest BCUT2D eigenvalue weighted by molar-refractivity contribution is 0.145. The van der Waals surface area contributed by atoms with Crippen LogP contribution in [0.5, 0.6) is 0 Å². The largest absolute Gasteiger partial charge is 0.282 e. The Bertz CT molecular complexity index is 1150. The van der Waals surface area contributed by atoms with Crippen molar-refractivity contribution in [3.63, 3.8) is 0 Å². The molecule has 1 aliphatic rings. The van der Waals surface area contributed by atoms with Crippen molar-refractivity contribution in [3.05, 3.63) is 64.9 Å². The van der Waals surface area contributed by atoms with Crippen molar-refractivity contribution >= 4 is 22.2 Å². The van der Waals surface area contributed by atoms with Crippen molar-refractivity contribution < 1.29 is 8.42 Å². The second-order valence-electron chi connectivity index (χ2n) is 7.31. The van der Waals surface area contributed by atoms with Crippen LogP contribution in [-0.4, -0.2) is 58.6 Å². The summed E-state index contributed by atoms with van der Waals surface area (Å²) in [5, 5.41) is 3.28. The summed E-state index contributed by atoms with van der Waals surface area (Å²) in [4.78, 5) is 7.00. The number of rotatable bonds is 6. The van der Waals surface area contributed by atoms with Crippen LogP contribution in [0.25, 0.3) is 11.4 Å². The molecule has 158 valence electrons.